The molecule has 1 saturated carbocycles. The molecule has 0 radical (unpaired) electrons. The van der Waals surface area contributed by atoms with Gasteiger partial charge in [-0.1, -0.05) is 11.3 Å². The Labute approximate surface area is 171 Å². The van der Waals surface area contributed by atoms with Crippen molar-refractivity contribution in [1.29, 1.82) is 0 Å². The molecule has 0 aromatic carbocycles. The summed E-state index contributed by atoms with van der Waals surface area (Å²) >= 11 is 1.35. The van der Waals surface area contributed by atoms with Crippen LogP contribution in [-0.4, -0.2) is 53.8 Å². The van der Waals surface area contributed by atoms with Crippen molar-refractivity contribution in [2.75, 3.05) is 13.2 Å². The third-order valence-corrected chi connectivity index (χ3v) is 5.42. The number of ether oxygens (including phenoxy) is 3. The van der Waals surface area contributed by atoms with Crippen molar-refractivity contribution in [2.24, 2.45) is 0 Å². The molecule has 7 nitrogen and oxygen atoms in total. The molecule has 29 heavy (non-hydrogen) atoms. The lowest BCUT2D eigenvalue weighted by Gasteiger charge is -2.29. The summed E-state index contributed by atoms with van der Waals surface area (Å²) in [5, 5.41) is 3.35. The molecule has 0 aliphatic heterocycles. The summed E-state index contributed by atoms with van der Waals surface area (Å²) in [5.41, 5.74) is 0.651. The summed E-state index contributed by atoms with van der Waals surface area (Å²) < 4.78 is 42.1. The summed E-state index contributed by atoms with van der Waals surface area (Å²) in [6.07, 6.45) is 2.67. The maximum absolute atomic E-state index is 12.3. The van der Waals surface area contributed by atoms with Crippen LogP contribution in [0.1, 0.15) is 39.5 Å². The predicted molar refractivity (Wildman–Crippen MR) is 105 cm³/mol. The molecule has 1 N–H and O–H groups in total. The van der Waals surface area contributed by atoms with E-state index in [-0.39, 0.29) is 30.0 Å². The zero-order chi connectivity index (χ0) is 20.8. The van der Waals surface area contributed by atoms with Crippen molar-refractivity contribution in [3.8, 4) is 11.1 Å². The lowest BCUT2D eigenvalue weighted by Crippen LogP contribution is -2.36. The number of nitrogens with zero attached hydrogens (tertiary/aromatic N) is 2. The van der Waals surface area contributed by atoms with E-state index in [9.17, 15) is 13.6 Å². The normalized spacial score (nSPS) is 20.6. The first kappa shape index (κ1) is 21.6. The summed E-state index contributed by atoms with van der Waals surface area (Å²) in [7, 11) is 0. The van der Waals surface area contributed by atoms with Crippen molar-refractivity contribution in [2.45, 2.75) is 64.2 Å². The highest BCUT2D eigenvalue weighted by molar-refractivity contribution is 7.20. The number of nitrogens with one attached hydrogen (secondary N) is 1. The van der Waals surface area contributed by atoms with Crippen molar-refractivity contribution in [3.05, 3.63) is 12.3 Å². The van der Waals surface area contributed by atoms with Crippen LogP contribution in [0.3, 0.4) is 0 Å². The largest absolute Gasteiger partial charge is 0.472 e. The highest BCUT2D eigenvalue weighted by atomic mass is 32.1. The molecule has 1 atom stereocenters. The highest BCUT2D eigenvalue weighted by Gasteiger charge is 2.24. The molecule has 1 fully saturated rings. The molecular formula is C19H25F2N3O4S. The molecule has 3 rings (SSSR count). The zero-order valence-corrected chi connectivity index (χ0v) is 17.2. The van der Waals surface area contributed by atoms with Crippen LogP contribution in [0.2, 0.25) is 0 Å². The molecule has 10 heteroatoms. The monoisotopic (exact) mass is 429 g/mol. The van der Waals surface area contributed by atoms with E-state index in [1.54, 1.807) is 6.07 Å². The molecule has 2 heterocycles. The first-order valence-electron chi connectivity index (χ1n) is 9.62. The van der Waals surface area contributed by atoms with Crippen LogP contribution >= 0.6 is 11.3 Å². The SMILES string of the molecule is CC(=O)N[C@@H](C)COC1CCC(Oc2nc3cnc(OCC(F)F)cc3s2)CC1. The van der Waals surface area contributed by atoms with Crippen molar-refractivity contribution < 1.29 is 27.8 Å². The fraction of sp³-hybridized carbons (Fsp3) is 0.632. The van der Waals surface area contributed by atoms with Crippen molar-refractivity contribution in [3.63, 3.8) is 0 Å². The molecule has 2 aromatic rings. The van der Waals surface area contributed by atoms with Gasteiger partial charge in [-0.3, -0.25) is 4.79 Å². The minimum Gasteiger partial charge on any atom is -0.472 e. The highest BCUT2D eigenvalue weighted by Crippen LogP contribution is 2.32. The Morgan fingerprint density at radius 1 is 1.28 bits per heavy atom. The summed E-state index contributed by atoms with van der Waals surface area (Å²) in [5.74, 6) is 0.0936. The number of aromatic nitrogens is 2. The molecule has 0 saturated heterocycles. The lowest BCUT2D eigenvalue weighted by molar-refractivity contribution is -0.120. The van der Waals surface area contributed by atoms with E-state index in [4.69, 9.17) is 14.2 Å². The van der Waals surface area contributed by atoms with Gasteiger partial charge in [0, 0.05) is 19.0 Å². The maximum atomic E-state index is 12.3. The van der Waals surface area contributed by atoms with E-state index in [0.717, 1.165) is 30.4 Å². The molecule has 0 spiro atoms. The Morgan fingerprint density at radius 2 is 2.00 bits per heavy atom. The number of rotatable bonds is 9. The van der Waals surface area contributed by atoms with E-state index in [1.165, 1.54) is 24.5 Å². The number of hydrogen-bond acceptors (Lipinski definition) is 7. The van der Waals surface area contributed by atoms with Crippen LogP contribution in [0.25, 0.3) is 10.2 Å². The Kier molecular flexibility index (Phi) is 7.54. The van der Waals surface area contributed by atoms with Gasteiger partial charge in [0.05, 0.1) is 23.6 Å². The summed E-state index contributed by atoms with van der Waals surface area (Å²) in [6, 6.07) is 1.59. The van der Waals surface area contributed by atoms with E-state index in [2.05, 4.69) is 15.3 Å². The Morgan fingerprint density at radius 3 is 2.69 bits per heavy atom. The Balaban J connectivity index is 1.46. The molecule has 0 bridgehead atoms. The first-order valence-corrected chi connectivity index (χ1v) is 10.4. The average molecular weight is 429 g/mol. The number of fused-ring (bicyclic) bond motifs is 1. The van der Waals surface area contributed by atoms with Crippen LogP contribution in [0.5, 0.6) is 11.1 Å². The van der Waals surface area contributed by atoms with Crippen LogP contribution in [0.15, 0.2) is 12.3 Å². The first-order chi connectivity index (χ1) is 13.9. The predicted octanol–water partition coefficient (Wildman–Crippen LogP) is 3.57. The van der Waals surface area contributed by atoms with Crippen LogP contribution < -0.4 is 14.8 Å². The second-order valence-electron chi connectivity index (χ2n) is 7.12. The molecular weight excluding hydrogens is 404 g/mol. The van der Waals surface area contributed by atoms with Gasteiger partial charge in [0.1, 0.15) is 11.6 Å². The van der Waals surface area contributed by atoms with Gasteiger partial charge in [0.15, 0.2) is 6.61 Å². The Hall–Kier alpha value is -2.07. The lowest BCUT2D eigenvalue weighted by atomic mass is 9.95. The molecule has 1 aliphatic rings. The Bertz CT molecular complexity index is 812. The van der Waals surface area contributed by atoms with Gasteiger partial charge in [0.25, 0.3) is 11.6 Å². The minimum absolute atomic E-state index is 0.00704. The van der Waals surface area contributed by atoms with Crippen LogP contribution in [-0.2, 0) is 9.53 Å². The number of thiazole rings is 1. The van der Waals surface area contributed by atoms with E-state index in [1.807, 2.05) is 6.92 Å². The molecule has 0 unspecified atom stereocenters. The number of hydrogen-bond donors (Lipinski definition) is 1. The smallest absolute Gasteiger partial charge is 0.274 e. The van der Waals surface area contributed by atoms with E-state index in [0.29, 0.717) is 17.3 Å². The number of amides is 1. The van der Waals surface area contributed by atoms with Crippen LogP contribution in [0.4, 0.5) is 8.78 Å². The zero-order valence-electron chi connectivity index (χ0n) is 16.4. The second kappa shape index (κ2) is 10.1. The third-order valence-electron chi connectivity index (χ3n) is 4.51. The molecule has 1 amide bonds. The fourth-order valence-corrected chi connectivity index (χ4v) is 4.08. The molecule has 160 valence electrons. The quantitative estimate of drug-likeness (QED) is 0.656. The number of halogens is 2. The van der Waals surface area contributed by atoms with Gasteiger partial charge >= 0.3 is 0 Å². The summed E-state index contributed by atoms with van der Waals surface area (Å²) in [4.78, 5) is 19.4. The summed E-state index contributed by atoms with van der Waals surface area (Å²) in [6.45, 7) is 3.22. The van der Waals surface area contributed by atoms with E-state index >= 15 is 0 Å². The topological polar surface area (TPSA) is 82.6 Å². The maximum Gasteiger partial charge on any atom is 0.274 e. The van der Waals surface area contributed by atoms with Crippen molar-refractivity contribution in [1.82, 2.24) is 15.3 Å². The molecule has 1 aliphatic carbocycles. The standard InChI is InChI=1S/C19H25F2N3O4S/c1-11(23-12(2)25)9-26-13-3-5-14(6-4-13)28-19-24-15-8-22-18(7-16(15)29-19)27-10-17(20)21/h7-8,11,13-14,17H,3-6,9-10H2,1-2H3,(H,23,25)/t11-,13?,14?/m0/s1. The third kappa shape index (κ3) is 6.74. The average Bonchev–Trinajstić information content (AvgIpc) is 3.06. The van der Waals surface area contributed by atoms with Gasteiger partial charge in [-0.25, -0.2) is 18.7 Å². The number of alkyl halides is 2. The molecule has 2 aromatic heterocycles. The van der Waals surface area contributed by atoms with E-state index < -0.39 is 13.0 Å². The second-order valence-corrected chi connectivity index (χ2v) is 8.12. The number of pyridine rings is 1. The minimum atomic E-state index is -2.54. The van der Waals surface area contributed by atoms with Gasteiger partial charge in [-0.2, -0.15) is 0 Å². The van der Waals surface area contributed by atoms with Crippen molar-refractivity contribution >= 4 is 27.5 Å². The van der Waals surface area contributed by atoms with Crippen LogP contribution in [0, 0.1) is 0 Å². The number of carbonyl (C=O) groups is 1. The van der Waals surface area contributed by atoms with Gasteiger partial charge in [-0.05, 0) is 32.6 Å². The fourth-order valence-electron chi connectivity index (χ4n) is 3.20. The van der Waals surface area contributed by atoms with Gasteiger partial charge < -0.3 is 19.5 Å². The van der Waals surface area contributed by atoms with Gasteiger partial charge in [0.2, 0.25) is 11.8 Å². The number of carbonyl (C=O) groups excluding carboxylic acids is 1. The van der Waals surface area contributed by atoms with Gasteiger partial charge in [-0.15, -0.1) is 0 Å².